The Kier molecular flexibility index (Phi) is 3.98. The molecule has 3 fully saturated rings. The average Bonchev–Trinajstić information content (AvgIpc) is 3.43. The SMILES string of the molecule is Cc1c(N2CC[C@@H]3CCNC[C@@H]32)c(F)cn2c(=O)c(C(=O)O)cc(C3CC3)c12. The van der Waals surface area contributed by atoms with Gasteiger partial charge in [-0.25, -0.2) is 9.18 Å². The van der Waals surface area contributed by atoms with Crippen molar-refractivity contribution in [3.63, 3.8) is 0 Å². The Morgan fingerprint density at radius 3 is 2.79 bits per heavy atom. The zero-order valence-electron chi connectivity index (χ0n) is 15.9. The molecule has 7 heteroatoms. The maximum absolute atomic E-state index is 15.3. The largest absolute Gasteiger partial charge is 0.477 e. The maximum Gasteiger partial charge on any atom is 0.341 e. The van der Waals surface area contributed by atoms with Gasteiger partial charge in [-0.1, -0.05) is 0 Å². The molecule has 0 aromatic carbocycles. The summed E-state index contributed by atoms with van der Waals surface area (Å²) in [6.07, 6.45) is 5.29. The lowest BCUT2D eigenvalue weighted by molar-refractivity contribution is 0.0694. The van der Waals surface area contributed by atoms with Crippen molar-refractivity contribution in [3.8, 4) is 0 Å². The van der Waals surface area contributed by atoms with E-state index < -0.39 is 17.3 Å². The van der Waals surface area contributed by atoms with Gasteiger partial charge in [0.1, 0.15) is 5.56 Å². The van der Waals surface area contributed by atoms with E-state index in [-0.39, 0.29) is 17.5 Å². The minimum atomic E-state index is -1.26. The van der Waals surface area contributed by atoms with Crippen molar-refractivity contribution in [1.29, 1.82) is 0 Å². The first-order valence-corrected chi connectivity index (χ1v) is 10.1. The Labute approximate surface area is 162 Å². The summed E-state index contributed by atoms with van der Waals surface area (Å²) in [4.78, 5) is 26.4. The molecule has 6 nitrogen and oxygen atoms in total. The summed E-state index contributed by atoms with van der Waals surface area (Å²) in [5.74, 6) is -0.911. The van der Waals surface area contributed by atoms with Crippen molar-refractivity contribution in [2.45, 2.75) is 44.6 Å². The van der Waals surface area contributed by atoms with E-state index in [9.17, 15) is 14.7 Å². The van der Waals surface area contributed by atoms with Gasteiger partial charge in [-0.15, -0.1) is 0 Å². The van der Waals surface area contributed by atoms with Gasteiger partial charge in [0, 0.05) is 19.1 Å². The Balaban J connectivity index is 1.74. The van der Waals surface area contributed by atoms with Crippen molar-refractivity contribution in [2.24, 2.45) is 5.92 Å². The number of aromatic nitrogens is 1. The second kappa shape index (κ2) is 6.30. The predicted octanol–water partition coefficient (Wildman–Crippen LogP) is 2.51. The van der Waals surface area contributed by atoms with Crippen LogP contribution in [-0.2, 0) is 0 Å². The molecule has 5 rings (SSSR count). The van der Waals surface area contributed by atoms with Crippen LogP contribution in [0.5, 0.6) is 0 Å². The highest BCUT2D eigenvalue weighted by molar-refractivity contribution is 5.89. The second-order valence-corrected chi connectivity index (χ2v) is 8.37. The Morgan fingerprint density at radius 2 is 2.07 bits per heavy atom. The second-order valence-electron chi connectivity index (χ2n) is 8.37. The number of rotatable bonds is 3. The quantitative estimate of drug-likeness (QED) is 0.849. The molecule has 0 unspecified atom stereocenters. The predicted molar refractivity (Wildman–Crippen MR) is 104 cm³/mol. The molecule has 2 N–H and O–H groups in total. The number of nitrogens with zero attached hydrogens (tertiary/aromatic N) is 2. The Bertz CT molecular complexity index is 1040. The van der Waals surface area contributed by atoms with Crippen molar-refractivity contribution in [2.75, 3.05) is 24.5 Å². The molecule has 2 aromatic heterocycles. The zero-order chi connectivity index (χ0) is 19.6. The molecule has 4 heterocycles. The number of aryl methyl sites for hydroxylation is 1. The summed E-state index contributed by atoms with van der Waals surface area (Å²) in [6, 6.07) is 1.78. The van der Waals surface area contributed by atoms with Gasteiger partial charge in [0.25, 0.3) is 5.56 Å². The molecule has 2 aromatic rings. The highest BCUT2D eigenvalue weighted by Crippen LogP contribution is 2.44. The lowest BCUT2D eigenvalue weighted by Crippen LogP contribution is -2.46. The van der Waals surface area contributed by atoms with Crippen LogP contribution in [0.2, 0.25) is 0 Å². The van der Waals surface area contributed by atoms with Gasteiger partial charge in [-0.2, -0.15) is 0 Å². The smallest absolute Gasteiger partial charge is 0.341 e. The van der Waals surface area contributed by atoms with E-state index in [1.54, 1.807) is 0 Å². The standard InChI is InChI=1S/C21H24FN3O3/c1-11-18-14(12-2-3-12)8-15(21(27)28)20(26)25(18)10-16(22)19(11)24-7-5-13-4-6-23-9-17(13)24/h8,10,12-13,17,23H,2-7,9H2,1H3,(H,27,28)/t13-,17-/m0/s1. The minimum absolute atomic E-state index is 0.244. The molecule has 0 bridgehead atoms. The fourth-order valence-electron chi connectivity index (χ4n) is 5.20. The third-order valence-electron chi connectivity index (χ3n) is 6.71. The molecule has 0 spiro atoms. The number of halogens is 1. The van der Waals surface area contributed by atoms with Gasteiger partial charge >= 0.3 is 5.97 Å². The summed E-state index contributed by atoms with van der Waals surface area (Å²) >= 11 is 0. The zero-order valence-corrected chi connectivity index (χ0v) is 15.9. The first-order valence-electron chi connectivity index (χ1n) is 10.1. The molecule has 0 radical (unpaired) electrons. The van der Waals surface area contributed by atoms with Gasteiger partial charge in [-0.3, -0.25) is 9.20 Å². The summed E-state index contributed by atoms with van der Waals surface area (Å²) in [5.41, 5.74) is 1.89. The van der Waals surface area contributed by atoms with Gasteiger partial charge in [-0.05, 0) is 68.2 Å². The first kappa shape index (κ1) is 17.7. The molecular formula is C21H24FN3O3. The van der Waals surface area contributed by atoms with Crippen LogP contribution >= 0.6 is 0 Å². The molecule has 2 aliphatic heterocycles. The molecule has 1 aliphatic carbocycles. The van der Waals surface area contributed by atoms with E-state index in [1.807, 2.05) is 6.92 Å². The number of hydrogen-bond donors (Lipinski definition) is 2. The molecule has 148 valence electrons. The average molecular weight is 385 g/mol. The summed E-state index contributed by atoms with van der Waals surface area (Å²) in [6.45, 7) is 4.52. The van der Waals surface area contributed by atoms with Crippen molar-refractivity contribution in [1.82, 2.24) is 9.72 Å². The molecule has 1 saturated carbocycles. The van der Waals surface area contributed by atoms with E-state index in [4.69, 9.17) is 0 Å². The van der Waals surface area contributed by atoms with Crippen LogP contribution in [0.4, 0.5) is 10.1 Å². The molecular weight excluding hydrogens is 361 g/mol. The van der Waals surface area contributed by atoms with Crippen LogP contribution in [0.1, 0.15) is 53.1 Å². The number of piperidine rings is 1. The normalized spacial score (nSPS) is 24.6. The number of fused-ring (bicyclic) bond motifs is 2. The number of carbonyl (C=O) groups is 1. The molecule has 0 amide bonds. The van der Waals surface area contributed by atoms with Crippen LogP contribution in [0.3, 0.4) is 0 Å². The fourth-order valence-corrected chi connectivity index (χ4v) is 5.20. The van der Waals surface area contributed by atoms with Crippen LogP contribution in [0, 0.1) is 18.7 Å². The van der Waals surface area contributed by atoms with Gasteiger partial charge in [0.15, 0.2) is 5.82 Å². The fraction of sp³-hybridized carbons (Fsp3) is 0.524. The van der Waals surface area contributed by atoms with Gasteiger partial charge < -0.3 is 15.3 Å². The first-order chi connectivity index (χ1) is 13.5. The summed E-state index contributed by atoms with van der Waals surface area (Å²) in [5, 5.41) is 12.8. The lowest BCUT2D eigenvalue weighted by Gasteiger charge is -2.35. The van der Waals surface area contributed by atoms with Crippen LogP contribution in [-0.4, -0.2) is 41.2 Å². The van der Waals surface area contributed by atoms with Crippen LogP contribution < -0.4 is 15.8 Å². The van der Waals surface area contributed by atoms with Crippen LogP contribution in [0.25, 0.3) is 5.52 Å². The lowest BCUT2D eigenvalue weighted by atomic mass is 9.93. The number of pyridine rings is 2. The number of anilines is 1. The monoisotopic (exact) mass is 385 g/mol. The van der Waals surface area contributed by atoms with E-state index >= 15 is 4.39 Å². The number of aromatic carboxylic acids is 1. The number of carboxylic acid groups (broad SMARTS) is 1. The minimum Gasteiger partial charge on any atom is -0.477 e. The van der Waals surface area contributed by atoms with Gasteiger partial charge in [0.2, 0.25) is 0 Å². The van der Waals surface area contributed by atoms with Gasteiger partial charge in [0.05, 0.1) is 17.4 Å². The van der Waals surface area contributed by atoms with Crippen molar-refractivity contribution < 1.29 is 14.3 Å². The number of hydrogen-bond acceptors (Lipinski definition) is 4. The summed E-state index contributed by atoms with van der Waals surface area (Å²) in [7, 11) is 0. The highest BCUT2D eigenvalue weighted by atomic mass is 19.1. The van der Waals surface area contributed by atoms with E-state index in [2.05, 4.69) is 10.2 Å². The van der Waals surface area contributed by atoms with E-state index in [1.165, 1.54) is 16.7 Å². The molecule has 3 aliphatic rings. The maximum atomic E-state index is 15.3. The number of carboxylic acids is 1. The molecule has 2 atom stereocenters. The van der Waals surface area contributed by atoms with Crippen LogP contribution in [0.15, 0.2) is 17.1 Å². The topological polar surface area (TPSA) is 74.0 Å². The van der Waals surface area contributed by atoms with Crippen molar-refractivity contribution >= 4 is 17.2 Å². The summed E-state index contributed by atoms with van der Waals surface area (Å²) < 4.78 is 16.5. The number of nitrogens with one attached hydrogen (secondary N) is 1. The molecule has 2 saturated heterocycles. The molecule has 28 heavy (non-hydrogen) atoms. The van der Waals surface area contributed by atoms with E-state index in [0.29, 0.717) is 17.1 Å². The Hall–Kier alpha value is -2.41. The third kappa shape index (κ3) is 2.56. The Morgan fingerprint density at radius 1 is 1.29 bits per heavy atom. The third-order valence-corrected chi connectivity index (χ3v) is 6.71. The van der Waals surface area contributed by atoms with E-state index in [0.717, 1.165) is 56.4 Å². The highest BCUT2D eigenvalue weighted by Gasteiger charge is 2.38. The van der Waals surface area contributed by atoms with Crippen molar-refractivity contribution in [3.05, 3.63) is 45.1 Å².